The highest BCUT2D eigenvalue weighted by molar-refractivity contribution is 7.99. The molecule has 0 saturated carbocycles. The van der Waals surface area contributed by atoms with Gasteiger partial charge in [-0.3, -0.25) is 0 Å². The number of fused-ring (bicyclic) bond motifs is 7. The van der Waals surface area contributed by atoms with E-state index in [4.69, 9.17) is 0 Å². The molecule has 0 atom stereocenters. The average molecular weight is 602 g/mol. The molecular weight excluding hydrogens is 575 g/mol. The Morgan fingerprint density at radius 2 is 0.913 bits per heavy atom. The summed E-state index contributed by atoms with van der Waals surface area (Å²) in [6.45, 7) is 0. The van der Waals surface area contributed by atoms with E-state index in [-0.39, 0.29) is 0 Å². The molecule has 1 aliphatic heterocycles. The van der Waals surface area contributed by atoms with Crippen molar-refractivity contribution < 1.29 is 0 Å². The largest absolute Gasteiger partial charge is 0.309 e. The smallest absolute Gasteiger partial charge is 0.0619 e. The molecule has 0 fully saturated rings. The Morgan fingerprint density at radius 1 is 0.326 bits per heavy atom. The Morgan fingerprint density at radius 3 is 1.76 bits per heavy atom. The van der Waals surface area contributed by atoms with Gasteiger partial charge >= 0.3 is 0 Å². The van der Waals surface area contributed by atoms with E-state index in [9.17, 15) is 0 Å². The van der Waals surface area contributed by atoms with Crippen molar-refractivity contribution in [3.05, 3.63) is 164 Å². The van der Waals surface area contributed by atoms with E-state index in [1.165, 1.54) is 92.2 Å². The van der Waals surface area contributed by atoms with Gasteiger partial charge in [-0.25, -0.2) is 0 Å². The molecule has 9 aromatic rings. The van der Waals surface area contributed by atoms with Gasteiger partial charge in [0.05, 0.1) is 11.0 Å². The standard InChI is InChI=1S/C44H27NS/c1-2-12-28(13-3-1)45-40-22-8-6-16-34(40)39-25-24-33-31(18-10-21-38(33)44(39)45)29-14-4-5-15-30(29)32-26-27-42-43-36(32)19-11-20-37(43)35-17-7-9-23-41(35)46-42/h1-27H. The summed E-state index contributed by atoms with van der Waals surface area (Å²) in [6, 6.07) is 60.2. The first kappa shape index (κ1) is 25.7. The molecule has 0 radical (unpaired) electrons. The minimum atomic E-state index is 1.18. The molecule has 8 aromatic carbocycles. The number of aromatic nitrogens is 1. The van der Waals surface area contributed by atoms with Crippen LogP contribution in [0.4, 0.5) is 0 Å². The molecule has 0 spiro atoms. The van der Waals surface area contributed by atoms with Crippen LogP contribution in [-0.4, -0.2) is 4.57 Å². The summed E-state index contributed by atoms with van der Waals surface area (Å²) in [6.07, 6.45) is 0. The Balaban J connectivity index is 1.25. The van der Waals surface area contributed by atoms with Crippen LogP contribution in [0.3, 0.4) is 0 Å². The molecule has 46 heavy (non-hydrogen) atoms. The molecule has 0 amide bonds. The van der Waals surface area contributed by atoms with E-state index in [1.807, 2.05) is 11.8 Å². The van der Waals surface area contributed by atoms with E-state index < -0.39 is 0 Å². The summed E-state index contributed by atoms with van der Waals surface area (Å²) in [4.78, 5) is 2.65. The fourth-order valence-electron chi connectivity index (χ4n) is 7.67. The van der Waals surface area contributed by atoms with Crippen molar-refractivity contribution in [3.63, 3.8) is 0 Å². The molecule has 0 N–H and O–H groups in total. The molecule has 214 valence electrons. The quantitative estimate of drug-likeness (QED) is 0.195. The number of hydrogen-bond donors (Lipinski definition) is 0. The summed E-state index contributed by atoms with van der Waals surface area (Å²) in [5.74, 6) is 0. The molecule has 0 unspecified atom stereocenters. The average Bonchev–Trinajstić information content (AvgIpc) is 3.47. The first-order chi connectivity index (χ1) is 22.8. The number of nitrogens with zero attached hydrogens (tertiary/aromatic N) is 1. The summed E-state index contributed by atoms with van der Waals surface area (Å²) < 4.78 is 2.43. The van der Waals surface area contributed by atoms with Crippen LogP contribution in [0.25, 0.3) is 82.4 Å². The van der Waals surface area contributed by atoms with Crippen LogP contribution < -0.4 is 0 Å². The molecule has 2 heterocycles. The van der Waals surface area contributed by atoms with Crippen molar-refractivity contribution >= 4 is 55.1 Å². The minimum absolute atomic E-state index is 1.18. The van der Waals surface area contributed by atoms with Gasteiger partial charge in [-0.1, -0.05) is 145 Å². The number of hydrogen-bond acceptors (Lipinski definition) is 1. The van der Waals surface area contributed by atoms with E-state index >= 15 is 0 Å². The Labute approximate surface area is 271 Å². The maximum atomic E-state index is 2.43. The molecule has 10 rings (SSSR count). The lowest BCUT2D eigenvalue weighted by atomic mass is 9.87. The lowest BCUT2D eigenvalue weighted by molar-refractivity contribution is 1.19. The molecular formula is C44H27NS. The van der Waals surface area contributed by atoms with Gasteiger partial charge < -0.3 is 4.57 Å². The van der Waals surface area contributed by atoms with E-state index in [0.29, 0.717) is 0 Å². The van der Waals surface area contributed by atoms with Crippen LogP contribution >= 0.6 is 11.8 Å². The topological polar surface area (TPSA) is 4.93 Å². The second-order valence-electron chi connectivity index (χ2n) is 12.0. The second-order valence-corrected chi connectivity index (χ2v) is 13.1. The van der Waals surface area contributed by atoms with Gasteiger partial charge in [-0.2, -0.15) is 0 Å². The number of benzene rings is 8. The monoisotopic (exact) mass is 601 g/mol. The Kier molecular flexibility index (Phi) is 5.58. The molecule has 1 aliphatic rings. The van der Waals surface area contributed by atoms with Crippen molar-refractivity contribution in [2.75, 3.05) is 0 Å². The van der Waals surface area contributed by atoms with E-state index in [2.05, 4.69) is 168 Å². The summed E-state index contributed by atoms with van der Waals surface area (Å²) >= 11 is 1.88. The highest BCUT2D eigenvalue weighted by Crippen LogP contribution is 2.50. The highest BCUT2D eigenvalue weighted by Gasteiger charge is 2.22. The lowest BCUT2D eigenvalue weighted by Gasteiger charge is -2.22. The zero-order valence-corrected chi connectivity index (χ0v) is 25.8. The van der Waals surface area contributed by atoms with Crippen molar-refractivity contribution in [1.29, 1.82) is 0 Å². The minimum Gasteiger partial charge on any atom is -0.309 e. The van der Waals surface area contributed by atoms with Gasteiger partial charge in [0.25, 0.3) is 0 Å². The van der Waals surface area contributed by atoms with Crippen LogP contribution in [0.15, 0.2) is 174 Å². The van der Waals surface area contributed by atoms with Crippen molar-refractivity contribution in [2.24, 2.45) is 0 Å². The molecule has 0 bridgehead atoms. The van der Waals surface area contributed by atoms with Crippen molar-refractivity contribution in [1.82, 2.24) is 4.57 Å². The normalized spacial score (nSPS) is 12.3. The van der Waals surface area contributed by atoms with Gasteiger partial charge in [0.15, 0.2) is 0 Å². The fourth-order valence-corrected chi connectivity index (χ4v) is 8.79. The third-order valence-corrected chi connectivity index (χ3v) is 10.7. The van der Waals surface area contributed by atoms with Gasteiger partial charge in [-0.15, -0.1) is 0 Å². The maximum Gasteiger partial charge on any atom is 0.0619 e. The van der Waals surface area contributed by atoms with E-state index in [1.54, 1.807) is 0 Å². The number of para-hydroxylation sites is 2. The third-order valence-electron chi connectivity index (χ3n) is 9.61. The molecule has 0 saturated heterocycles. The Hall–Kier alpha value is -5.57. The first-order valence-electron chi connectivity index (χ1n) is 15.8. The van der Waals surface area contributed by atoms with Crippen LogP contribution in [0.2, 0.25) is 0 Å². The molecule has 2 heteroatoms. The highest BCUT2D eigenvalue weighted by atomic mass is 32.2. The third kappa shape index (κ3) is 3.65. The van der Waals surface area contributed by atoms with Crippen LogP contribution in [-0.2, 0) is 0 Å². The zero-order chi connectivity index (χ0) is 30.2. The van der Waals surface area contributed by atoms with Gasteiger partial charge in [0, 0.05) is 37.0 Å². The molecule has 1 aromatic heterocycles. The van der Waals surface area contributed by atoms with Gasteiger partial charge in [0.2, 0.25) is 0 Å². The van der Waals surface area contributed by atoms with Gasteiger partial charge in [-0.05, 0) is 74.5 Å². The van der Waals surface area contributed by atoms with Crippen LogP contribution in [0.1, 0.15) is 0 Å². The molecule has 0 aliphatic carbocycles. The molecule has 1 nitrogen and oxygen atoms in total. The zero-order valence-electron chi connectivity index (χ0n) is 24.9. The van der Waals surface area contributed by atoms with Gasteiger partial charge in [0.1, 0.15) is 0 Å². The fraction of sp³-hybridized carbons (Fsp3) is 0. The van der Waals surface area contributed by atoms with Crippen LogP contribution in [0, 0.1) is 0 Å². The van der Waals surface area contributed by atoms with Crippen molar-refractivity contribution in [3.8, 4) is 39.1 Å². The van der Waals surface area contributed by atoms with E-state index in [0.717, 1.165) is 0 Å². The lowest BCUT2D eigenvalue weighted by Crippen LogP contribution is -1.95. The van der Waals surface area contributed by atoms with Crippen LogP contribution in [0.5, 0.6) is 0 Å². The first-order valence-corrected chi connectivity index (χ1v) is 16.6. The summed E-state index contributed by atoms with van der Waals surface area (Å²) in [7, 11) is 0. The second kappa shape index (κ2) is 9.97. The predicted octanol–water partition coefficient (Wildman–Crippen LogP) is 12.6. The summed E-state index contributed by atoms with van der Waals surface area (Å²) in [5, 5.41) is 7.72. The maximum absolute atomic E-state index is 2.43. The number of rotatable bonds is 3. The van der Waals surface area contributed by atoms with Crippen molar-refractivity contribution in [2.45, 2.75) is 9.79 Å². The summed E-state index contributed by atoms with van der Waals surface area (Å²) in [5.41, 5.74) is 11.3. The SMILES string of the molecule is c1ccc(-n2c3ccccc3c3ccc4c(-c5ccccc5-c5ccc6c7c(cccc57)-c5ccccc5S6)cccc4c32)cc1. The predicted molar refractivity (Wildman–Crippen MR) is 196 cm³/mol. The Bertz CT molecular complexity index is 2660.